The molecule has 0 saturated heterocycles. The summed E-state index contributed by atoms with van der Waals surface area (Å²) in [6, 6.07) is 16.0. The molecule has 2 nitrogen and oxygen atoms in total. The third kappa shape index (κ3) is 2.90. The standard InChI is InChI=1S/C17H21NO/c1-17(2,3)15-11-10-14(12-16(15)19)18(4)13-8-6-5-7-9-13/h5-12,19H,1-4H3. The minimum absolute atomic E-state index is 0.0477. The van der Waals surface area contributed by atoms with E-state index in [9.17, 15) is 5.11 Å². The fraction of sp³-hybridized carbons (Fsp3) is 0.294. The van der Waals surface area contributed by atoms with Gasteiger partial charge in [0.2, 0.25) is 0 Å². The van der Waals surface area contributed by atoms with Gasteiger partial charge in [-0.1, -0.05) is 45.0 Å². The first-order valence-electron chi connectivity index (χ1n) is 6.52. The molecule has 0 aliphatic carbocycles. The van der Waals surface area contributed by atoms with Crippen LogP contribution in [0.15, 0.2) is 48.5 Å². The Balaban J connectivity index is 2.35. The van der Waals surface area contributed by atoms with Gasteiger partial charge in [-0.25, -0.2) is 0 Å². The summed E-state index contributed by atoms with van der Waals surface area (Å²) in [5.41, 5.74) is 3.01. The van der Waals surface area contributed by atoms with Crippen LogP contribution >= 0.6 is 0 Å². The Bertz CT molecular complexity index is 555. The van der Waals surface area contributed by atoms with E-state index < -0.39 is 0 Å². The summed E-state index contributed by atoms with van der Waals surface area (Å²) in [5, 5.41) is 10.2. The first kappa shape index (κ1) is 13.5. The largest absolute Gasteiger partial charge is 0.508 e. The normalized spacial score (nSPS) is 11.4. The molecule has 2 rings (SSSR count). The number of rotatable bonds is 2. The lowest BCUT2D eigenvalue weighted by molar-refractivity contribution is 0.447. The van der Waals surface area contributed by atoms with Crippen molar-refractivity contribution < 1.29 is 5.11 Å². The number of hydrogen-bond acceptors (Lipinski definition) is 2. The van der Waals surface area contributed by atoms with Crippen molar-refractivity contribution in [2.75, 3.05) is 11.9 Å². The van der Waals surface area contributed by atoms with E-state index in [2.05, 4.69) is 37.8 Å². The average Bonchev–Trinajstić information content (AvgIpc) is 2.37. The predicted octanol–water partition coefficient (Wildman–Crippen LogP) is 4.46. The maximum absolute atomic E-state index is 10.2. The summed E-state index contributed by atoms with van der Waals surface area (Å²) in [6.45, 7) is 6.30. The molecule has 2 aromatic carbocycles. The fourth-order valence-corrected chi connectivity index (χ4v) is 2.16. The van der Waals surface area contributed by atoms with Crippen LogP contribution in [-0.4, -0.2) is 12.2 Å². The van der Waals surface area contributed by atoms with Crippen molar-refractivity contribution in [1.82, 2.24) is 0 Å². The number of anilines is 2. The molecule has 1 N–H and O–H groups in total. The van der Waals surface area contributed by atoms with Crippen molar-refractivity contribution in [2.45, 2.75) is 26.2 Å². The summed E-state index contributed by atoms with van der Waals surface area (Å²) in [4.78, 5) is 2.06. The Morgan fingerprint density at radius 2 is 1.53 bits per heavy atom. The van der Waals surface area contributed by atoms with E-state index in [4.69, 9.17) is 0 Å². The highest BCUT2D eigenvalue weighted by Gasteiger charge is 2.18. The molecule has 0 unspecified atom stereocenters. The molecular formula is C17H21NO. The number of phenolic OH excluding ortho intramolecular Hbond substituents is 1. The third-order valence-corrected chi connectivity index (χ3v) is 3.32. The summed E-state index contributed by atoms with van der Waals surface area (Å²) < 4.78 is 0. The van der Waals surface area contributed by atoms with Crippen molar-refractivity contribution >= 4 is 11.4 Å². The quantitative estimate of drug-likeness (QED) is 0.856. The van der Waals surface area contributed by atoms with Gasteiger partial charge >= 0.3 is 0 Å². The molecule has 0 saturated carbocycles. The fourth-order valence-electron chi connectivity index (χ4n) is 2.16. The zero-order chi connectivity index (χ0) is 14.0. The van der Waals surface area contributed by atoms with E-state index in [0.717, 1.165) is 16.9 Å². The zero-order valence-electron chi connectivity index (χ0n) is 12.0. The minimum Gasteiger partial charge on any atom is -0.508 e. The molecule has 0 heterocycles. The smallest absolute Gasteiger partial charge is 0.121 e. The van der Waals surface area contributed by atoms with Crippen molar-refractivity contribution in [2.24, 2.45) is 0 Å². The number of benzene rings is 2. The van der Waals surface area contributed by atoms with Crippen molar-refractivity contribution in [1.29, 1.82) is 0 Å². The molecule has 19 heavy (non-hydrogen) atoms. The number of aromatic hydroxyl groups is 1. The van der Waals surface area contributed by atoms with Crippen LogP contribution in [0.4, 0.5) is 11.4 Å². The highest BCUT2D eigenvalue weighted by Crippen LogP contribution is 2.34. The molecule has 0 spiro atoms. The number of nitrogens with zero attached hydrogens (tertiary/aromatic N) is 1. The first-order valence-corrected chi connectivity index (χ1v) is 6.52. The molecule has 0 aliphatic heterocycles. The highest BCUT2D eigenvalue weighted by atomic mass is 16.3. The summed E-state index contributed by atoms with van der Waals surface area (Å²) in [7, 11) is 2.00. The van der Waals surface area contributed by atoms with Gasteiger partial charge in [0.25, 0.3) is 0 Å². The minimum atomic E-state index is -0.0477. The van der Waals surface area contributed by atoms with Crippen molar-refractivity contribution in [3.63, 3.8) is 0 Å². The Labute approximate surface area is 115 Å². The Morgan fingerprint density at radius 3 is 2.05 bits per heavy atom. The molecule has 100 valence electrons. The average molecular weight is 255 g/mol. The Hall–Kier alpha value is -1.96. The van der Waals surface area contributed by atoms with E-state index in [-0.39, 0.29) is 5.41 Å². The predicted molar refractivity (Wildman–Crippen MR) is 81.3 cm³/mol. The lowest BCUT2D eigenvalue weighted by Gasteiger charge is -2.24. The maximum atomic E-state index is 10.2. The topological polar surface area (TPSA) is 23.5 Å². The second-order valence-electron chi connectivity index (χ2n) is 5.85. The van der Waals surface area contributed by atoms with Crippen LogP contribution in [0.2, 0.25) is 0 Å². The second-order valence-corrected chi connectivity index (χ2v) is 5.85. The number of phenols is 1. The highest BCUT2D eigenvalue weighted by molar-refractivity contribution is 5.64. The van der Waals surface area contributed by atoms with Gasteiger partial charge in [-0.05, 0) is 29.2 Å². The monoisotopic (exact) mass is 255 g/mol. The van der Waals surface area contributed by atoms with Crippen LogP contribution in [0, 0.1) is 0 Å². The van der Waals surface area contributed by atoms with Crippen LogP contribution in [0.25, 0.3) is 0 Å². The second kappa shape index (κ2) is 4.96. The Morgan fingerprint density at radius 1 is 0.895 bits per heavy atom. The third-order valence-electron chi connectivity index (χ3n) is 3.32. The summed E-state index contributed by atoms with van der Waals surface area (Å²) in [6.07, 6.45) is 0. The van der Waals surface area contributed by atoms with Gasteiger partial charge < -0.3 is 10.0 Å². The van der Waals surface area contributed by atoms with Gasteiger partial charge in [-0.15, -0.1) is 0 Å². The van der Waals surface area contributed by atoms with Gasteiger partial charge in [0, 0.05) is 24.5 Å². The molecule has 0 fully saturated rings. The molecule has 2 aromatic rings. The molecular weight excluding hydrogens is 234 g/mol. The van der Waals surface area contributed by atoms with Crippen LogP contribution < -0.4 is 4.90 Å². The van der Waals surface area contributed by atoms with Crippen LogP contribution in [0.1, 0.15) is 26.3 Å². The van der Waals surface area contributed by atoms with Gasteiger partial charge in [-0.2, -0.15) is 0 Å². The Kier molecular flexibility index (Phi) is 3.52. The van der Waals surface area contributed by atoms with Gasteiger partial charge in [0.1, 0.15) is 5.75 Å². The van der Waals surface area contributed by atoms with E-state index in [1.165, 1.54) is 0 Å². The van der Waals surface area contributed by atoms with Gasteiger partial charge in [0.15, 0.2) is 0 Å². The maximum Gasteiger partial charge on any atom is 0.121 e. The molecule has 0 amide bonds. The molecule has 0 atom stereocenters. The van der Waals surface area contributed by atoms with Crippen LogP contribution in [-0.2, 0) is 5.41 Å². The van der Waals surface area contributed by atoms with Crippen LogP contribution in [0.3, 0.4) is 0 Å². The summed E-state index contributed by atoms with van der Waals surface area (Å²) in [5.74, 6) is 0.354. The van der Waals surface area contributed by atoms with Gasteiger partial charge in [-0.3, -0.25) is 0 Å². The van der Waals surface area contributed by atoms with E-state index in [1.807, 2.05) is 43.4 Å². The lowest BCUT2D eigenvalue weighted by atomic mass is 9.86. The molecule has 0 aromatic heterocycles. The van der Waals surface area contributed by atoms with Crippen molar-refractivity contribution in [3.8, 4) is 5.75 Å². The SMILES string of the molecule is CN(c1ccccc1)c1ccc(C(C)(C)C)c(O)c1. The number of hydrogen-bond donors (Lipinski definition) is 1. The molecule has 0 aliphatic rings. The first-order chi connectivity index (χ1) is 8.89. The molecule has 0 bridgehead atoms. The van der Waals surface area contributed by atoms with Gasteiger partial charge in [0.05, 0.1) is 0 Å². The van der Waals surface area contributed by atoms with Crippen molar-refractivity contribution in [3.05, 3.63) is 54.1 Å². The molecule has 0 radical (unpaired) electrons. The van der Waals surface area contributed by atoms with E-state index in [0.29, 0.717) is 5.75 Å². The van der Waals surface area contributed by atoms with Crippen LogP contribution in [0.5, 0.6) is 5.75 Å². The summed E-state index contributed by atoms with van der Waals surface area (Å²) >= 11 is 0. The van der Waals surface area contributed by atoms with E-state index >= 15 is 0 Å². The number of para-hydroxylation sites is 1. The molecule has 2 heteroatoms. The zero-order valence-corrected chi connectivity index (χ0v) is 12.0. The van der Waals surface area contributed by atoms with E-state index in [1.54, 1.807) is 0 Å². The lowest BCUT2D eigenvalue weighted by Crippen LogP contribution is -2.13.